The summed E-state index contributed by atoms with van der Waals surface area (Å²) >= 11 is 5.98. The van der Waals surface area contributed by atoms with Gasteiger partial charge in [0.15, 0.2) is 0 Å². The average molecular weight is 271 g/mol. The summed E-state index contributed by atoms with van der Waals surface area (Å²) in [7, 11) is 1.68. The van der Waals surface area contributed by atoms with Gasteiger partial charge in [-0.05, 0) is 24.5 Å². The fourth-order valence-electron chi connectivity index (χ4n) is 1.63. The van der Waals surface area contributed by atoms with Crippen molar-refractivity contribution >= 4 is 11.6 Å². The van der Waals surface area contributed by atoms with Crippen LogP contribution in [-0.4, -0.2) is 31.3 Å². The molecule has 1 aromatic heterocycles. The lowest BCUT2D eigenvalue weighted by molar-refractivity contribution is 0.170. The quantitative estimate of drug-likeness (QED) is 0.582. The fourth-order valence-corrected chi connectivity index (χ4v) is 1.85. The zero-order valence-electron chi connectivity index (χ0n) is 10.6. The van der Waals surface area contributed by atoms with Gasteiger partial charge in [0.1, 0.15) is 5.15 Å². The molecule has 1 aliphatic rings. The minimum atomic E-state index is 0.479. The molecule has 0 aliphatic heterocycles. The normalized spacial score (nSPS) is 14.8. The van der Waals surface area contributed by atoms with Crippen molar-refractivity contribution in [1.29, 1.82) is 0 Å². The van der Waals surface area contributed by atoms with Gasteiger partial charge in [0.05, 0.1) is 6.61 Å². The molecule has 0 radical (unpaired) electrons. The van der Waals surface area contributed by atoms with Crippen molar-refractivity contribution in [2.45, 2.75) is 31.8 Å². The number of hydrogen-bond donors (Lipinski definition) is 1. The summed E-state index contributed by atoms with van der Waals surface area (Å²) in [5.74, 6) is 0.589. The van der Waals surface area contributed by atoms with E-state index in [1.807, 2.05) is 12.1 Å². The highest BCUT2D eigenvalue weighted by Gasteiger charge is 2.20. The van der Waals surface area contributed by atoms with Crippen LogP contribution < -0.4 is 10.1 Å². The predicted octanol–water partition coefficient (Wildman–Crippen LogP) is 2.40. The molecule has 1 aromatic rings. The molecule has 0 saturated heterocycles. The number of methoxy groups -OCH3 is 1. The first-order valence-electron chi connectivity index (χ1n) is 6.29. The lowest BCUT2D eigenvalue weighted by Gasteiger charge is -2.08. The molecule has 1 N–H and O–H groups in total. The zero-order chi connectivity index (χ0) is 12.8. The topological polar surface area (TPSA) is 43.4 Å². The smallest absolute Gasteiger partial charge is 0.214 e. The Labute approximate surface area is 113 Å². The molecule has 1 aliphatic carbocycles. The van der Waals surface area contributed by atoms with Crippen molar-refractivity contribution in [3.8, 4) is 5.88 Å². The van der Waals surface area contributed by atoms with Gasteiger partial charge in [-0.2, -0.15) is 0 Å². The van der Waals surface area contributed by atoms with Crippen molar-refractivity contribution < 1.29 is 9.47 Å². The van der Waals surface area contributed by atoms with Crippen molar-refractivity contribution in [3.63, 3.8) is 0 Å². The summed E-state index contributed by atoms with van der Waals surface area (Å²) < 4.78 is 10.5. The van der Waals surface area contributed by atoms with Gasteiger partial charge in [-0.3, -0.25) is 0 Å². The Kier molecular flexibility index (Phi) is 5.23. The minimum absolute atomic E-state index is 0.479. The first-order valence-corrected chi connectivity index (χ1v) is 6.67. The largest absolute Gasteiger partial charge is 0.478 e. The summed E-state index contributed by atoms with van der Waals surface area (Å²) in [6, 6.07) is 4.50. The predicted molar refractivity (Wildman–Crippen MR) is 71.1 cm³/mol. The van der Waals surface area contributed by atoms with Crippen LogP contribution in [0.5, 0.6) is 5.88 Å². The monoisotopic (exact) mass is 270 g/mol. The number of rotatable bonds is 8. The van der Waals surface area contributed by atoms with E-state index < -0.39 is 0 Å². The summed E-state index contributed by atoms with van der Waals surface area (Å²) in [4.78, 5) is 4.15. The lowest BCUT2D eigenvalue weighted by atomic mass is 10.2. The van der Waals surface area contributed by atoms with Crippen LogP contribution in [0.1, 0.15) is 24.8 Å². The number of ether oxygens (including phenoxy) is 2. The van der Waals surface area contributed by atoms with Gasteiger partial charge in [0.25, 0.3) is 0 Å². The number of nitrogens with zero attached hydrogens (tertiary/aromatic N) is 1. The van der Waals surface area contributed by atoms with Gasteiger partial charge in [0, 0.05) is 38.8 Å². The number of pyridine rings is 1. The van der Waals surface area contributed by atoms with Crippen LogP contribution in [-0.2, 0) is 11.3 Å². The Morgan fingerprint density at radius 2 is 2.22 bits per heavy atom. The van der Waals surface area contributed by atoms with E-state index in [-0.39, 0.29) is 0 Å². The third-order valence-electron chi connectivity index (χ3n) is 2.75. The van der Waals surface area contributed by atoms with Crippen molar-refractivity contribution in [2.75, 3.05) is 20.3 Å². The van der Waals surface area contributed by atoms with Crippen LogP contribution in [0.4, 0.5) is 0 Å². The molecule has 1 saturated carbocycles. The van der Waals surface area contributed by atoms with E-state index in [4.69, 9.17) is 21.1 Å². The van der Waals surface area contributed by atoms with E-state index in [2.05, 4.69) is 10.3 Å². The molecular weight excluding hydrogens is 252 g/mol. The van der Waals surface area contributed by atoms with E-state index in [0.717, 1.165) is 18.5 Å². The minimum Gasteiger partial charge on any atom is -0.478 e. The summed E-state index contributed by atoms with van der Waals surface area (Å²) in [6.45, 7) is 2.11. The van der Waals surface area contributed by atoms with Crippen LogP contribution in [0.3, 0.4) is 0 Å². The maximum Gasteiger partial charge on any atom is 0.214 e. The van der Waals surface area contributed by atoms with Crippen LogP contribution in [0.2, 0.25) is 5.15 Å². The van der Waals surface area contributed by atoms with Gasteiger partial charge in [0.2, 0.25) is 5.88 Å². The molecule has 1 fully saturated rings. The van der Waals surface area contributed by atoms with E-state index in [0.29, 0.717) is 30.3 Å². The molecule has 0 unspecified atom stereocenters. The van der Waals surface area contributed by atoms with Crippen molar-refractivity contribution in [2.24, 2.45) is 0 Å². The summed E-state index contributed by atoms with van der Waals surface area (Å²) in [6.07, 6.45) is 3.40. The molecule has 0 amide bonds. The molecule has 4 nitrogen and oxygen atoms in total. The molecule has 100 valence electrons. The molecule has 0 atom stereocenters. The Hall–Kier alpha value is -0.840. The standard InChI is InChI=1S/C13H19ClN2O2/c1-17-5-2-6-18-13-8-10(7-12(14)16-13)9-15-11-3-4-11/h7-8,11,15H,2-6,9H2,1H3. The van der Waals surface area contributed by atoms with E-state index in [1.54, 1.807) is 7.11 Å². The van der Waals surface area contributed by atoms with Gasteiger partial charge < -0.3 is 14.8 Å². The number of nitrogens with one attached hydrogen (secondary N) is 1. The Bertz CT molecular complexity index is 383. The molecule has 18 heavy (non-hydrogen) atoms. The van der Waals surface area contributed by atoms with E-state index in [9.17, 15) is 0 Å². The number of halogens is 1. The fraction of sp³-hybridized carbons (Fsp3) is 0.615. The molecule has 0 bridgehead atoms. The molecule has 0 spiro atoms. The molecule has 5 heteroatoms. The van der Waals surface area contributed by atoms with Gasteiger partial charge in [-0.15, -0.1) is 0 Å². The second-order valence-electron chi connectivity index (χ2n) is 4.49. The van der Waals surface area contributed by atoms with Crippen LogP contribution >= 0.6 is 11.6 Å². The van der Waals surface area contributed by atoms with Crippen LogP contribution in [0, 0.1) is 0 Å². The Balaban J connectivity index is 1.84. The maximum atomic E-state index is 5.98. The van der Waals surface area contributed by atoms with Crippen molar-refractivity contribution in [3.05, 3.63) is 22.8 Å². The van der Waals surface area contributed by atoms with Gasteiger partial charge in [-0.25, -0.2) is 4.98 Å². The third-order valence-corrected chi connectivity index (χ3v) is 2.94. The SMILES string of the molecule is COCCCOc1cc(CNC2CC2)cc(Cl)n1. The van der Waals surface area contributed by atoms with Crippen LogP contribution in [0.15, 0.2) is 12.1 Å². The second kappa shape index (κ2) is 6.92. The second-order valence-corrected chi connectivity index (χ2v) is 4.87. The maximum absolute atomic E-state index is 5.98. The highest BCUT2D eigenvalue weighted by Crippen LogP contribution is 2.21. The molecule has 2 rings (SSSR count). The molecule has 1 heterocycles. The van der Waals surface area contributed by atoms with E-state index >= 15 is 0 Å². The Morgan fingerprint density at radius 1 is 1.39 bits per heavy atom. The average Bonchev–Trinajstić information content (AvgIpc) is 3.16. The summed E-state index contributed by atoms with van der Waals surface area (Å²) in [5, 5.41) is 3.92. The Morgan fingerprint density at radius 3 is 2.94 bits per heavy atom. The van der Waals surface area contributed by atoms with E-state index in [1.165, 1.54) is 12.8 Å². The highest BCUT2D eigenvalue weighted by molar-refractivity contribution is 6.29. The first-order chi connectivity index (χ1) is 8.78. The van der Waals surface area contributed by atoms with Gasteiger partial charge in [-0.1, -0.05) is 11.6 Å². The van der Waals surface area contributed by atoms with Crippen molar-refractivity contribution in [1.82, 2.24) is 10.3 Å². The van der Waals surface area contributed by atoms with Gasteiger partial charge >= 0.3 is 0 Å². The molecule has 0 aromatic carbocycles. The highest BCUT2D eigenvalue weighted by atomic mass is 35.5. The zero-order valence-corrected chi connectivity index (χ0v) is 11.4. The summed E-state index contributed by atoms with van der Waals surface area (Å²) in [5.41, 5.74) is 1.11. The third kappa shape index (κ3) is 4.80. The first kappa shape index (κ1) is 13.6. The number of hydrogen-bond acceptors (Lipinski definition) is 4. The number of aromatic nitrogens is 1. The lowest BCUT2D eigenvalue weighted by Crippen LogP contribution is -2.15. The molecular formula is C13H19ClN2O2. The van der Waals surface area contributed by atoms with Crippen LogP contribution in [0.25, 0.3) is 0 Å².